The van der Waals surface area contributed by atoms with E-state index >= 15 is 0 Å². The molecule has 0 unspecified atom stereocenters. The van der Waals surface area contributed by atoms with E-state index in [1.165, 1.54) is 0 Å². The Morgan fingerprint density at radius 2 is 2.12 bits per heavy atom. The zero-order valence-electron chi connectivity index (χ0n) is 10.7. The second kappa shape index (κ2) is 5.80. The molecular formula is C13H17N4+. The van der Waals surface area contributed by atoms with E-state index in [2.05, 4.69) is 4.98 Å². The molecule has 0 aliphatic carbocycles. The molecule has 0 aliphatic rings. The first-order valence-corrected chi connectivity index (χ1v) is 5.30. The van der Waals surface area contributed by atoms with Crippen molar-refractivity contribution in [1.29, 1.82) is 5.26 Å². The van der Waals surface area contributed by atoms with Crippen LogP contribution in [-0.4, -0.2) is 48.9 Å². The van der Waals surface area contributed by atoms with Gasteiger partial charge in [0, 0.05) is 20.3 Å². The minimum absolute atomic E-state index is 0.430. The van der Waals surface area contributed by atoms with Crippen molar-refractivity contribution in [1.82, 2.24) is 9.88 Å². The van der Waals surface area contributed by atoms with E-state index < -0.39 is 0 Å². The summed E-state index contributed by atoms with van der Waals surface area (Å²) in [4.78, 5) is 6.24. The van der Waals surface area contributed by atoms with Gasteiger partial charge < -0.3 is 4.90 Å². The molecule has 0 bridgehead atoms. The Kier molecular flexibility index (Phi) is 4.41. The predicted octanol–water partition coefficient (Wildman–Crippen LogP) is 1.20. The largest absolute Gasteiger partial charge is 0.383 e. The van der Waals surface area contributed by atoms with E-state index in [9.17, 15) is 0 Å². The number of hydrogen-bond donors (Lipinski definition) is 0. The lowest BCUT2D eigenvalue weighted by molar-refractivity contribution is -0.458. The summed E-state index contributed by atoms with van der Waals surface area (Å²) in [6, 6.07) is 7.49. The Balaban J connectivity index is 3.23. The van der Waals surface area contributed by atoms with Gasteiger partial charge in [-0.25, -0.2) is 9.56 Å². The maximum Gasteiger partial charge on any atom is 0.173 e. The molecular weight excluding hydrogens is 212 g/mol. The standard InChI is InChI=1S/C13H17N4/c1-16(2)9-11(10-17(3)4)13-7-5-6-12(8-14)15-13/h5-7,9-10H,1-4H3/q+1. The maximum atomic E-state index is 8.84. The van der Waals surface area contributed by atoms with Crippen molar-refractivity contribution in [2.75, 3.05) is 28.2 Å². The fourth-order valence-corrected chi connectivity index (χ4v) is 1.38. The fourth-order valence-electron chi connectivity index (χ4n) is 1.38. The van der Waals surface area contributed by atoms with Gasteiger partial charge >= 0.3 is 0 Å². The molecule has 4 heteroatoms. The van der Waals surface area contributed by atoms with Crippen LogP contribution in [0.1, 0.15) is 11.4 Å². The number of nitrogens with zero attached hydrogens (tertiary/aromatic N) is 4. The number of aromatic nitrogens is 1. The monoisotopic (exact) mass is 229 g/mol. The molecule has 0 atom stereocenters. The molecule has 0 N–H and O–H groups in total. The second-order valence-electron chi connectivity index (χ2n) is 4.16. The van der Waals surface area contributed by atoms with Gasteiger partial charge in [-0.05, 0) is 12.1 Å². The molecule has 4 nitrogen and oxygen atoms in total. The highest BCUT2D eigenvalue weighted by atomic mass is 15.0. The average molecular weight is 229 g/mol. The van der Waals surface area contributed by atoms with Crippen LogP contribution < -0.4 is 0 Å². The highest BCUT2D eigenvalue weighted by Gasteiger charge is 2.06. The molecule has 1 heterocycles. The van der Waals surface area contributed by atoms with E-state index in [0.717, 1.165) is 11.3 Å². The Morgan fingerprint density at radius 1 is 1.41 bits per heavy atom. The third-order valence-electron chi connectivity index (χ3n) is 1.95. The van der Waals surface area contributed by atoms with Gasteiger partial charge in [-0.15, -0.1) is 0 Å². The van der Waals surface area contributed by atoms with Crippen molar-refractivity contribution in [3.05, 3.63) is 35.8 Å². The third kappa shape index (κ3) is 4.07. The number of hydrogen-bond acceptors (Lipinski definition) is 3. The summed E-state index contributed by atoms with van der Waals surface area (Å²) in [5.74, 6) is 0. The van der Waals surface area contributed by atoms with Crippen molar-refractivity contribution < 1.29 is 4.58 Å². The minimum Gasteiger partial charge on any atom is -0.383 e. The van der Waals surface area contributed by atoms with E-state index in [1.807, 2.05) is 68.3 Å². The van der Waals surface area contributed by atoms with E-state index in [4.69, 9.17) is 5.26 Å². The molecule has 1 rings (SSSR count). The van der Waals surface area contributed by atoms with Gasteiger partial charge in [0.25, 0.3) is 0 Å². The summed E-state index contributed by atoms with van der Waals surface area (Å²) in [5, 5.41) is 8.84. The van der Waals surface area contributed by atoms with Crippen molar-refractivity contribution in [3.63, 3.8) is 0 Å². The van der Waals surface area contributed by atoms with Crippen LogP contribution >= 0.6 is 0 Å². The Morgan fingerprint density at radius 3 is 2.65 bits per heavy atom. The van der Waals surface area contributed by atoms with Gasteiger partial charge in [-0.1, -0.05) is 6.07 Å². The lowest BCUT2D eigenvalue weighted by Gasteiger charge is -2.07. The Hall–Kier alpha value is -2.15. The second-order valence-corrected chi connectivity index (χ2v) is 4.16. The Labute approximate surface area is 102 Å². The van der Waals surface area contributed by atoms with Crippen molar-refractivity contribution in [2.45, 2.75) is 0 Å². The molecule has 0 aromatic carbocycles. The maximum absolute atomic E-state index is 8.84. The normalized spacial score (nSPS) is 10.6. The fraction of sp³-hybridized carbons (Fsp3) is 0.308. The number of nitriles is 1. The number of allylic oxidation sites excluding steroid dienone is 1. The quantitative estimate of drug-likeness (QED) is 0.578. The SMILES string of the molecule is CN(C)/C=C(\C=[N+](C)C)c1cccc(C#N)n1. The lowest BCUT2D eigenvalue weighted by Crippen LogP contribution is -2.08. The minimum atomic E-state index is 0.430. The first-order chi connectivity index (χ1) is 8.02. The summed E-state index contributed by atoms with van der Waals surface area (Å²) in [6.45, 7) is 0. The van der Waals surface area contributed by atoms with Gasteiger partial charge in [0.1, 0.15) is 25.9 Å². The highest BCUT2D eigenvalue weighted by Crippen LogP contribution is 2.10. The molecule has 0 aliphatic heterocycles. The van der Waals surface area contributed by atoms with Crippen LogP contribution in [0.3, 0.4) is 0 Å². The van der Waals surface area contributed by atoms with Gasteiger partial charge in [0.15, 0.2) is 6.21 Å². The van der Waals surface area contributed by atoms with Gasteiger partial charge in [0.2, 0.25) is 0 Å². The zero-order chi connectivity index (χ0) is 12.8. The highest BCUT2D eigenvalue weighted by molar-refractivity contribution is 6.06. The predicted molar refractivity (Wildman–Crippen MR) is 68.8 cm³/mol. The lowest BCUT2D eigenvalue weighted by atomic mass is 10.2. The summed E-state index contributed by atoms with van der Waals surface area (Å²) < 4.78 is 1.95. The van der Waals surface area contributed by atoms with Crippen LogP contribution in [0.5, 0.6) is 0 Å². The average Bonchev–Trinajstić information content (AvgIpc) is 2.27. The first kappa shape index (κ1) is 12.9. The van der Waals surface area contributed by atoms with Crippen molar-refractivity contribution >= 4 is 11.8 Å². The molecule has 0 saturated carbocycles. The molecule has 0 radical (unpaired) electrons. The molecule has 1 aromatic rings. The summed E-state index contributed by atoms with van der Waals surface area (Å²) in [7, 11) is 7.82. The summed E-state index contributed by atoms with van der Waals surface area (Å²) in [6.07, 6.45) is 3.95. The van der Waals surface area contributed by atoms with E-state index in [1.54, 1.807) is 6.07 Å². The first-order valence-electron chi connectivity index (χ1n) is 5.30. The van der Waals surface area contributed by atoms with E-state index in [-0.39, 0.29) is 0 Å². The van der Waals surface area contributed by atoms with Crippen LogP contribution in [0.15, 0.2) is 24.4 Å². The topological polar surface area (TPSA) is 42.9 Å². The number of pyridine rings is 1. The van der Waals surface area contributed by atoms with Gasteiger partial charge in [-0.2, -0.15) is 5.26 Å². The number of rotatable bonds is 3. The molecule has 0 saturated heterocycles. The molecule has 0 spiro atoms. The van der Waals surface area contributed by atoms with Crippen LogP contribution in [0.2, 0.25) is 0 Å². The molecule has 88 valence electrons. The zero-order valence-corrected chi connectivity index (χ0v) is 10.7. The summed E-state index contributed by atoms with van der Waals surface area (Å²) in [5.41, 5.74) is 2.20. The van der Waals surface area contributed by atoms with E-state index in [0.29, 0.717) is 5.69 Å². The molecule has 0 fully saturated rings. The van der Waals surface area contributed by atoms with Crippen LogP contribution in [-0.2, 0) is 0 Å². The van der Waals surface area contributed by atoms with Crippen molar-refractivity contribution in [3.8, 4) is 6.07 Å². The van der Waals surface area contributed by atoms with Gasteiger partial charge in [-0.3, -0.25) is 0 Å². The van der Waals surface area contributed by atoms with Gasteiger partial charge in [0.05, 0.1) is 11.3 Å². The third-order valence-corrected chi connectivity index (χ3v) is 1.95. The summed E-state index contributed by atoms with van der Waals surface area (Å²) >= 11 is 0. The smallest absolute Gasteiger partial charge is 0.173 e. The van der Waals surface area contributed by atoms with Crippen LogP contribution in [0, 0.1) is 11.3 Å². The molecule has 0 amide bonds. The molecule has 17 heavy (non-hydrogen) atoms. The van der Waals surface area contributed by atoms with Crippen molar-refractivity contribution in [2.24, 2.45) is 0 Å². The molecule has 1 aromatic heterocycles. The van der Waals surface area contributed by atoms with Crippen LogP contribution in [0.4, 0.5) is 0 Å². The Bertz CT molecular complexity index is 488. The van der Waals surface area contributed by atoms with Crippen LogP contribution in [0.25, 0.3) is 5.57 Å².